The van der Waals surface area contributed by atoms with Gasteiger partial charge in [-0.15, -0.1) is 0 Å². The smallest absolute Gasteiger partial charge is 0.116 e. The van der Waals surface area contributed by atoms with Crippen molar-refractivity contribution < 1.29 is 30.6 Å². The average Bonchev–Trinajstić information content (AvgIpc) is 2.70. The fraction of sp³-hybridized carbons (Fsp3) is 1.00. The molecule has 0 aromatic heterocycles. The van der Waals surface area contributed by atoms with Crippen molar-refractivity contribution in [3.63, 3.8) is 0 Å². The Kier molecular flexibility index (Phi) is 18.6. The molecule has 0 aromatic carbocycles. The van der Waals surface area contributed by atoms with Crippen molar-refractivity contribution in [1.29, 1.82) is 0 Å². The number of rotatable bonds is 21. The molecule has 0 aliphatic rings. The number of unbranched alkanes of at least 4 members (excludes halogenated alkanes) is 10. The monoisotopic (exact) mass is 406 g/mol. The molecule has 0 saturated carbocycles. The third kappa shape index (κ3) is 13.1. The Labute approximate surface area is 171 Å². The second-order valence-corrected chi connectivity index (χ2v) is 8.12. The van der Waals surface area contributed by atoms with Gasteiger partial charge in [-0.2, -0.15) is 0 Å². The van der Waals surface area contributed by atoms with Crippen LogP contribution in [0.2, 0.25) is 0 Å². The molecular weight excluding hydrogens is 360 g/mol. The molecule has 3 atom stereocenters. The van der Waals surface area contributed by atoms with Crippen molar-refractivity contribution in [2.75, 3.05) is 19.8 Å². The van der Waals surface area contributed by atoms with E-state index in [1.165, 1.54) is 19.3 Å². The Morgan fingerprint density at radius 2 is 0.786 bits per heavy atom. The predicted molar refractivity (Wildman–Crippen MR) is 112 cm³/mol. The molecule has 3 unspecified atom stereocenters. The highest BCUT2D eigenvalue weighted by molar-refractivity contribution is 4.93. The molecule has 0 amide bonds. The zero-order valence-electron chi connectivity index (χ0n) is 17.8. The normalized spacial score (nSPS) is 16.1. The Hall–Kier alpha value is -0.240. The number of aliphatic hydroxyl groups is 6. The summed E-state index contributed by atoms with van der Waals surface area (Å²) < 4.78 is 0. The van der Waals surface area contributed by atoms with Crippen LogP contribution >= 0.6 is 0 Å². The van der Waals surface area contributed by atoms with Gasteiger partial charge in [-0.3, -0.25) is 0 Å². The average molecular weight is 407 g/mol. The second-order valence-electron chi connectivity index (χ2n) is 8.12. The topological polar surface area (TPSA) is 121 Å². The molecule has 6 heteroatoms. The molecule has 6 N–H and O–H groups in total. The molecule has 0 rings (SSSR count). The summed E-state index contributed by atoms with van der Waals surface area (Å²) in [7, 11) is 0. The van der Waals surface area contributed by atoms with Gasteiger partial charge in [0, 0.05) is 19.8 Å². The molecule has 6 nitrogen and oxygen atoms in total. The highest BCUT2D eigenvalue weighted by atomic mass is 16.4. The van der Waals surface area contributed by atoms with Gasteiger partial charge in [0.05, 0.1) is 12.2 Å². The van der Waals surface area contributed by atoms with E-state index in [2.05, 4.69) is 0 Å². The van der Waals surface area contributed by atoms with E-state index in [-0.39, 0.29) is 26.2 Å². The van der Waals surface area contributed by atoms with Gasteiger partial charge in [0.15, 0.2) is 0 Å². The largest absolute Gasteiger partial charge is 0.396 e. The maximum Gasteiger partial charge on any atom is 0.116 e. The van der Waals surface area contributed by atoms with Gasteiger partial charge in [-0.25, -0.2) is 0 Å². The molecule has 0 saturated heterocycles. The summed E-state index contributed by atoms with van der Waals surface area (Å²) in [5, 5.41) is 58.6. The van der Waals surface area contributed by atoms with Crippen LogP contribution in [0.5, 0.6) is 0 Å². The third-order valence-electron chi connectivity index (χ3n) is 5.66. The highest BCUT2D eigenvalue weighted by Gasteiger charge is 2.41. The standard InChI is InChI=1S/C22H46O6/c23-17-11-7-5-3-1-2-4-6-9-14-20(26)22(28,16-13-19-25)21(27)15-10-8-12-18-24/h20-21,23-28H,1-19H2. The lowest BCUT2D eigenvalue weighted by molar-refractivity contribution is -0.156. The zero-order chi connectivity index (χ0) is 21.1. The first-order chi connectivity index (χ1) is 13.5. The lowest BCUT2D eigenvalue weighted by atomic mass is 9.81. The Bertz CT molecular complexity index is 328. The fourth-order valence-corrected chi connectivity index (χ4v) is 3.73. The molecular formula is C22H46O6. The van der Waals surface area contributed by atoms with Gasteiger partial charge in [-0.05, 0) is 38.5 Å². The third-order valence-corrected chi connectivity index (χ3v) is 5.66. The van der Waals surface area contributed by atoms with Crippen LogP contribution in [0.25, 0.3) is 0 Å². The summed E-state index contributed by atoms with van der Waals surface area (Å²) in [5.41, 5.74) is -1.57. The lowest BCUT2D eigenvalue weighted by Crippen LogP contribution is -2.52. The Morgan fingerprint density at radius 1 is 0.464 bits per heavy atom. The maximum atomic E-state index is 10.9. The van der Waals surface area contributed by atoms with Gasteiger partial charge in [0.25, 0.3) is 0 Å². The quantitative estimate of drug-likeness (QED) is 0.163. The number of aliphatic hydroxyl groups excluding tert-OH is 5. The van der Waals surface area contributed by atoms with Crippen molar-refractivity contribution in [1.82, 2.24) is 0 Å². The number of hydrogen-bond acceptors (Lipinski definition) is 6. The minimum atomic E-state index is -1.57. The fourth-order valence-electron chi connectivity index (χ4n) is 3.73. The summed E-state index contributed by atoms with van der Waals surface area (Å²) >= 11 is 0. The van der Waals surface area contributed by atoms with Crippen LogP contribution in [-0.4, -0.2) is 68.3 Å². The Morgan fingerprint density at radius 3 is 1.18 bits per heavy atom. The van der Waals surface area contributed by atoms with E-state index in [4.69, 9.17) is 15.3 Å². The molecule has 0 fully saturated rings. The van der Waals surface area contributed by atoms with Gasteiger partial charge in [0.1, 0.15) is 5.60 Å². The van der Waals surface area contributed by atoms with E-state index in [0.29, 0.717) is 32.1 Å². The second kappa shape index (κ2) is 18.8. The van der Waals surface area contributed by atoms with Crippen LogP contribution in [0, 0.1) is 0 Å². The minimum Gasteiger partial charge on any atom is -0.396 e. The van der Waals surface area contributed by atoms with Crippen LogP contribution in [0.4, 0.5) is 0 Å². The van der Waals surface area contributed by atoms with E-state index < -0.39 is 17.8 Å². The predicted octanol–water partition coefficient (Wildman–Crippen LogP) is 2.66. The van der Waals surface area contributed by atoms with Crippen molar-refractivity contribution in [2.24, 2.45) is 0 Å². The molecule has 28 heavy (non-hydrogen) atoms. The van der Waals surface area contributed by atoms with E-state index in [1.54, 1.807) is 0 Å². The highest BCUT2D eigenvalue weighted by Crippen LogP contribution is 2.29. The van der Waals surface area contributed by atoms with Gasteiger partial charge < -0.3 is 30.6 Å². The van der Waals surface area contributed by atoms with E-state index in [1.807, 2.05) is 0 Å². The van der Waals surface area contributed by atoms with Crippen molar-refractivity contribution in [2.45, 2.75) is 121 Å². The van der Waals surface area contributed by atoms with Crippen LogP contribution in [0.15, 0.2) is 0 Å². The zero-order valence-corrected chi connectivity index (χ0v) is 17.8. The van der Waals surface area contributed by atoms with Crippen molar-refractivity contribution in [3.8, 4) is 0 Å². The molecule has 0 bridgehead atoms. The van der Waals surface area contributed by atoms with Crippen LogP contribution in [0.1, 0.15) is 103 Å². The Balaban J connectivity index is 4.11. The number of hydrogen-bond donors (Lipinski definition) is 6. The first-order valence-electron chi connectivity index (χ1n) is 11.4. The minimum absolute atomic E-state index is 0.0788. The summed E-state index contributed by atoms with van der Waals surface area (Å²) in [5.74, 6) is 0. The molecule has 0 radical (unpaired) electrons. The molecule has 0 heterocycles. The first-order valence-corrected chi connectivity index (χ1v) is 11.4. The summed E-state index contributed by atoms with van der Waals surface area (Å²) in [6, 6.07) is 0. The van der Waals surface area contributed by atoms with Gasteiger partial charge in [-0.1, -0.05) is 64.2 Å². The van der Waals surface area contributed by atoms with Crippen LogP contribution < -0.4 is 0 Å². The maximum absolute atomic E-state index is 10.9. The van der Waals surface area contributed by atoms with Gasteiger partial charge >= 0.3 is 0 Å². The van der Waals surface area contributed by atoms with Crippen molar-refractivity contribution in [3.05, 3.63) is 0 Å². The van der Waals surface area contributed by atoms with E-state index in [9.17, 15) is 15.3 Å². The molecule has 0 spiro atoms. The van der Waals surface area contributed by atoms with E-state index in [0.717, 1.165) is 44.9 Å². The van der Waals surface area contributed by atoms with Gasteiger partial charge in [0.2, 0.25) is 0 Å². The molecule has 0 aliphatic heterocycles. The summed E-state index contributed by atoms with van der Waals surface area (Å²) in [6.07, 6.45) is 11.1. The van der Waals surface area contributed by atoms with E-state index >= 15 is 0 Å². The summed E-state index contributed by atoms with van der Waals surface area (Å²) in [6.45, 7) is 0.324. The first kappa shape index (κ1) is 27.8. The molecule has 170 valence electrons. The summed E-state index contributed by atoms with van der Waals surface area (Å²) in [4.78, 5) is 0. The van der Waals surface area contributed by atoms with Crippen LogP contribution in [0.3, 0.4) is 0 Å². The molecule has 0 aromatic rings. The van der Waals surface area contributed by atoms with Crippen molar-refractivity contribution >= 4 is 0 Å². The SMILES string of the molecule is OCCCCCCCCCCCC(O)C(O)(CCCO)C(O)CCCCCO. The lowest BCUT2D eigenvalue weighted by Gasteiger charge is -2.37. The molecule has 0 aliphatic carbocycles. The van der Waals surface area contributed by atoms with Crippen LogP contribution in [-0.2, 0) is 0 Å².